The molecule has 2 atom stereocenters. The highest BCUT2D eigenvalue weighted by Gasteiger charge is 2.47. The topological polar surface area (TPSA) is 57.6 Å². The van der Waals surface area contributed by atoms with Crippen LogP contribution < -0.4 is 0 Å². The minimum atomic E-state index is -0.807. The van der Waals surface area contributed by atoms with Crippen LogP contribution in [-0.4, -0.2) is 34.5 Å². The number of carboxylic acid groups (broad SMARTS) is 1. The van der Waals surface area contributed by atoms with Crippen LogP contribution in [0.2, 0.25) is 0 Å². The summed E-state index contributed by atoms with van der Waals surface area (Å²) in [5.74, 6) is -0.445. The Kier molecular flexibility index (Phi) is 3.94. The third kappa shape index (κ3) is 2.51. The van der Waals surface area contributed by atoms with Crippen molar-refractivity contribution in [1.82, 2.24) is 4.90 Å². The molecular formula is C18H23NO3. The molecule has 118 valence electrons. The van der Waals surface area contributed by atoms with Gasteiger partial charge in [0, 0.05) is 24.9 Å². The molecule has 1 aliphatic heterocycles. The summed E-state index contributed by atoms with van der Waals surface area (Å²) in [6.45, 7) is 2.81. The molecule has 0 radical (unpaired) electrons. The van der Waals surface area contributed by atoms with Crippen molar-refractivity contribution in [3.63, 3.8) is 0 Å². The summed E-state index contributed by atoms with van der Waals surface area (Å²) in [6, 6.07) is 10.4. The van der Waals surface area contributed by atoms with Gasteiger partial charge in [-0.05, 0) is 31.7 Å². The van der Waals surface area contributed by atoms with Crippen LogP contribution in [0.5, 0.6) is 0 Å². The monoisotopic (exact) mass is 301 g/mol. The third-order valence-electron chi connectivity index (χ3n) is 5.56. The van der Waals surface area contributed by atoms with Crippen molar-refractivity contribution >= 4 is 11.9 Å². The number of hydrogen-bond acceptors (Lipinski definition) is 2. The number of rotatable bonds is 4. The van der Waals surface area contributed by atoms with E-state index < -0.39 is 11.4 Å². The second-order valence-corrected chi connectivity index (χ2v) is 6.75. The molecule has 4 nitrogen and oxygen atoms in total. The molecule has 1 heterocycles. The standard InChI is InChI=1S/C18H23NO3/c1-13-15(14-6-3-2-4-7-14)8-11-19(13)16(20)12-18(17(21)22)9-5-10-18/h2-4,6-7,13,15H,5,8-12H2,1H3,(H,21,22). The molecule has 1 saturated heterocycles. The van der Waals surface area contributed by atoms with Crippen LogP contribution >= 0.6 is 0 Å². The zero-order valence-electron chi connectivity index (χ0n) is 13.0. The normalized spacial score (nSPS) is 26.5. The first-order valence-corrected chi connectivity index (χ1v) is 8.11. The summed E-state index contributed by atoms with van der Waals surface area (Å²) in [4.78, 5) is 25.9. The van der Waals surface area contributed by atoms with Crippen molar-refractivity contribution in [3.05, 3.63) is 35.9 Å². The Morgan fingerprint density at radius 1 is 1.27 bits per heavy atom. The van der Waals surface area contributed by atoms with E-state index in [1.54, 1.807) is 0 Å². The van der Waals surface area contributed by atoms with Crippen molar-refractivity contribution in [1.29, 1.82) is 0 Å². The highest BCUT2D eigenvalue weighted by Crippen LogP contribution is 2.45. The van der Waals surface area contributed by atoms with E-state index in [0.29, 0.717) is 18.8 Å². The van der Waals surface area contributed by atoms with E-state index in [4.69, 9.17) is 0 Å². The van der Waals surface area contributed by atoms with Gasteiger partial charge < -0.3 is 10.0 Å². The number of benzene rings is 1. The summed E-state index contributed by atoms with van der Waals surface area (Å²) >= 11 is 0. The highest BCUT2D eigenvalue weighted by molar-refractivity contribution is 5.86. The van der Waals surface area contributed by atoms with Crippen molar-refractivity contribution < 1.29 is 14.7 Å². The van der Waals surface area contributed by atoms with Crippen LogP contribution in [0.3, 0.4) is 0 Å². The average Bonchev–Trinajstić information content (AvgIpc) is 2.85. The fraction of sp³-hybridized carbons (Fsp3) is 0.556. The molecule has 1 aromatic carbocycles. The summed E-state index contributed by atoms with van der Waals surface area (Å²) < 4.78 is 0. The number of carboxylic acids is 1. The van der Waals surface area contributed by atoms with E-state index in [2.05, 4.69) is 19.1 Å². The van der Waals surface area contributed by atoms with Crippen LogP contribution in [0.1, 0.15) is 50.5 Å². The van der Waals surface area contributed by atoms with Crippen molar-refractivity contribution in [2.45, 2.75) is 51.0 Å². The first-order valence-electron chi connectivity index (χ1n) is 8.11. The Balaban J connectivity index is 1.68. The zero-order chi connectivity index (χ0) is 15.7. The van der Waals surface area contributed by atoms with Crippen LogP contribution in [0.25, 0.3) is 0 Å². The molecule has 1 saturated carbocycles. The first-order chi connectivity index (χ1) is 10.5. The summed E-state index contributed by atoms with van der Waals surface area (Å²) in [7, 11) is 0. The van der Waals surface area contributed by atoms with Gasteiger partial charge in [-0.3, -0.25) is 9.59 Å². The molecule has 22 heavy (non-hydrogen) atoms. The molecule has 4 heteroatoms. The fourth-order valence-electron chi connectivity index (χ4n) is 3.90. The van der Waals surface area contributed by atoms with E-state index in [1.165, 1.54) is 5.56 Å². The molecule has 1 aliphatic carbocycles. The van der Waals surface area contributed by atoms with Crippen molar-refractivity contribution in [2.24, 2.45) is 5.41 Å². The van der Waals surface area contributed by atoms with Crippen LogP contribution in [0.15, 0.2) is 30.3 Å². The largest absolute Gasteiger partial charge is 0.481 e. The van der Waals surface area contributed by atoms with Gasteiger partial charge in [0.15, 0.2) is 0 Å². The summed E-state index contributed by atoms with van der Waals surface area (Å²) in [5.41, 5.74) is 0.476. The van der Waals surface area contributed by atoms with Crippen LogP contribution in [-0.2, 0) is 9.59 Å². The minimum Gasteiger partial charge on any atom is -0.481 e. The quantitative estimate of drug-likeness (QED) is 0.930. The first kappa shape index (κ1) is 15.1. The van der Waals surface area contributed by atoms with Gasteiger partial charge in [0.25, 0.3) is 0 Å². The molecule has 2 unspecified atom stereocenters. The molecule has 2 fully saturated rings. The van der Waals surface area contributed by atoms with E-state index in [1.807, 2.05) is 23.1 Å². The van der Waals surface area contributed by atoms with Gasteiger partial charge in [0.05, 0.1) is 5.41 Å². The van der Waals surface area contributed by atoms with Gasteiger partial charge in [-0.15, -0.1) is 0 Å². The Bertz CT molecular complexity index is 565. The Morgan fingerprint density at radius 2 is 1.95 bits per heavy atom. The van der Waals surface area contributed by atoms with Gasteiger partial charge in [0.1, 0.15) is 0 Å². The maximum atomic E-state index is 12.6. The van der Waals surface area contributed by atoms with E-state index in [9.17, 15) is 14.7 Å². The molecule has 2 aliphatic rings. The molecule has 0 spiro atoms. The smallest absolute Gasteiger partial charge is 0.310 e. The molecular weight excluding hydrogens is 278 g/mol. The lowest BCUT2D eigenvalue weighted by atomic mass is 9.66. The predicted octanol–water partition coefficient (Wildman–Crippen LogP) is 3.04. The molecule has 1 N–H and O–H groups in total. The molecule has 1 aromatic rings. The Hall–Kier alpha value is -1.84. The number of hydrogen-bond donors (Lipinski definition) is 1. The highest BCUT2D eigenvalue weighted by atomic mass is 16.4. The number of nitrogens with zero attached hydrogens (tertiary/aromatic N) is 1. The van der Waals surface area contributed by atoms with Gasteiger partial charge in [0.2, 0.25) is 5.91 Å². The molecule has 3 rings (SSSR count). The van der Waals surface area contributed by atoms with Crippen molar-refractivity contribution in [3.8, 4) is 0 Å². The molecule has 1 amide bonds. The van der Waals surface area contributed by atoms with Crippen molar-refractivity contribution in [2.75, 3.05) is 6.54 Å². The van der Waals surface area contributed by atoms with Gasteiger partial charge >= 0.3 is 5.97 Å². The number of aliphatic carboxylic acids is 1. The average molecular weight is 301 g/mol. The minimum absolute atomic E-state index is 0.00744. The van der Waals surface area contributed by atoms with Gasteiger partial charge in [-0.1, -0.05) is 36.8 Å². The maximum absolute atomic E-state index is 12.6. The van der Waals surface area contributed by atoms with Gasteiger partial charge in [-0.25, -0.2) is 0 Å². The van der Waals surface area contributed by atoms with E-state index >= 15 is 0 Å². The van der Waals surface area contributed by atoms with E-state index in [-0.39, 0.29) is 18.4 Å². The lowest BCUT2D eigenvalue weighted by Gasteiger charge is -2.38. The number of carbonyl (C=O) groups excluding carboxylic acids is 1. The second kappa shape index (κ2) is 5.75. The molecule has 0 bridgehead atoms. The Morgan fingerprint density at radius 3 is 2.50 bits per heavy atom. The zero-order valence-corrected chi connectivity index (χ0v) is 13.0. The Labute approximate surface area is 131 Å². The third-order valence-corrected chi connectivity index (χ3v) is 5.56. The fourth-order valence-corrected chi connectivity index (χ4v) is 3.90. The van der Waals surface area contributed by atoms with Crippen LogP contribution in [0.4, 0.5) is 0 Å². The SMILES string of the molecule is CC1C(c2ccccc2)CCN1C(=O)CC1(C(=O)O)CCC1. The van der Waals surface area contributed by atoms with Gasteiger partial charge in [-0.2, -0.15) is 0 Å². The maximum Gasteiger partial charge on any atom is 0.310 e. The summed E-state index contributed by atoms with van der Waals surface area (Å²) in [5, 5.41) is 9.40. The predicted molar refractivity (Wildman–Crippen MR) is 83.5 cm³/mol. The lowest BCUT2D eigenvalue weighted by Crippen LogP contribution is -2.45. The number of likely N-dealkylation sites (tertiary alicyclic amines) is 1. The number of carbonyl (C=O) groups is 2. The number of amides is 1. The summed E-state index contributed by atoms with van der Waals surface area (Å²) in [6.07, 6.45) is 3.31. The second-order valence-electron chi connectivity index (χ2n) is 6.75. The molecule has 0 aromatic heterocycles. The van der Waals surface area contributed by atoms with E-state index in [0.717, 1.165) is 19.4 Å². The lowest BCUT2D eigenvalue weighted by molar-refractivity contribution is -0.159. The van der Waals surface area contributed by atoms with Crippen LogP contribution in [0, 0.1) is 5.41 Å².